The van der Waals surface area contributed by atoms with E-state index in [1.54, 1.807) is 11.8 Å². The zero-order valence-electron chi connectivity index (χ0n) is 11.2. The van der Waals surface area contributed by atoms with E-state index < -0.39 is 0 Å². The molecule has 0 saturated heterocycles. The van der Waals surface area contributed by atoms with Crippen molar-refractivity contribution in [2.45, 2.75) is 25.7 Å². The molecule has 2 rings (SSSR count). The highest BCUT2D eigenvalue weighted by Gasteiger charge is 2.05. The van der Waals surface area contributed by atoms with Crippen molar-refractivity contribution in [2.75, 3.05) is 6.26 Å². The largest absolute Gasteiger partial charge is 0.253 e. The Hall–Kier alpha value is -0.990. The predicted molar refractivity (Wildman–Crippen MR) is 82.5 cm³/mol. The first kappa shape index (κ1) is 15.1. The van der Waals surface area contributed by atoms with Crippen LogP contribution in [0.25, 0.3) is 11.3 Å². The van der Waals surface area contributed by atoms with Gasteiger partial charge in [0.1, 0.15) is 0 Å². The van der Waals surface area contributed by atoms with E-state index in [1.165, 1.54) is 4.90 Å². The number of hydrogen-bond acceptors (Lipinski definition) is 2. The number of thioether (sulfide) groups is 1. The molecule has 2 aromatic rings. The second kappa shape index (κ2) is 7.45. The maximum atomic E-state index is 6.19. The first-order chi connectivity index (χ1) is 8.70. The summed E-state index contributed by atoms with van der Waals surface area (Å²) in [6.07, 6.45) is 2.05. The lowest BCUT2D eigenvalue weighted by atomic mass is 10.1. The first-order valence-electron chi connectivity index (χ1n) is 5.98. The summed E-state index contributed by atoms with van der Waals surface area (Å²) in [6, 6.07) is 12.0. The van der Waals surface area contributed by atoms with Gasteiger partial charge in [-0.15, -0.1) is 11.8 Å². The average molecular weight is 280 g/mol. The molecule has 0 unspecified atom stereocenters. The Kier molecular flexibility index (Phi) is 6.23. The second-order valence-corrected chi connectivity index (χ2v) is 4.80. The van der Waals surface area contributed by atoms with Gasteiger partial charge in [-0.2, -0.15) is 0 Å². The molecule has 96 valence electrons. The van der Waals surface area contributed by atoms with E-state index in [4.69, 9.17) is 11.6 Å². The zero-order valence-corrected chi connectivity index (χ0v) is 12.8. The lowest BCUT2D eigenvalue weighted by Gasteiger charge is -2.06. The maximum absolute atomic E-state index is 6.19. The summed E-state index contributed by atoms with van der Waals surface area (Å²) in [5.41, 5.74) is 2.93. The normalized spacial score (nSPS) is 9.61. The number of hydrogen-bond donors (Lipinski definition) is 0. The molecule has 3 heteroatoms. The van der Waals surface area contributed by atoms with Gasteiger partial charge in [-0.1, -0.05) is 31.5 Å². The van der Waals surface area contributed by atoms with Gasteiger partial charge >= 0.3 is 0 Å². The van der Waals surface area contributed by atoms with Crippen molar-refractivity contribution in [2.24, 2.45) is 0 Å². The standard InChI is InChI=1S/C13H12ClNS.C2H6/c1-9-4-3-5-13(15-9)11-8-10(16-2)6-7-12(11)14;1-2/h3-8H,1-2H3;1-2H3. The number of benzene rings is 1. The van der Waals surface area contributed by atoms with Crippen molar-refractivity contribution in [1.29, 1.82) is 0 Å². The summed E-state index contributed by atoms with van der Waals surface area (Å²) < 4.78 is 0. The van der Waals surface area contributed by atoms with Crippen molar-refractivity contribution in [1.82, 2.24) is 4.98 Å². The molecule has 1 nitrogen and oxygen atoms in total. The predicted octanol–water partition coefficient (Wildman–Crippen LogP) is 5.46. The SMILES string of the molecule is CC.CSc1ccc(Cl)c(-c2cccc(C)n2)c1. The van der Waals surface area contributed by atoms with Crippen LogP contribution < -0.4 is 0 Å². The summed E-state index contributed by atoms with van der Waals surface area (Å²) in [5, 5.41) is 0.746. The number of pyridine rings is 1. The number of aryl methyl sites for hydroxylation is 1. The van der Waals surface area contributed by atoms with Crippen molar-refractivity contribution < 1.29 is 0 Å². The van der Waals surface area contributed by atoms with Gasteiger partial charge in [0.2, 0.25) is 0 Å². The summed E-state index contributed by atoms with van der Waals surface area (Å²) in [5.74, 6) is 0. The van der Waals surface area contributed by atoms with Crippen LogP contribution in [-0.2, 0) is 0 Å². The third-order valence-electron chi connectivity index (χ3n) is 2.34. The molecule has 0 radical (unpaired) electrons. The van der Waals surface area contributed by atoms with Gasteiger partial charge in [0, 0.05) is 16.2 Å². The van der Waals surface area contributed by atoms with Crippen molar-refractivity contribution in [3.05, 3.63) is 47.1 Å². The third-order valence-corrected chi connectivity index (χ3v) is 3.39. The molecular formula is C15H18ClNS. The summed E-state index contributed by atoms with van der Waals surface area (Å²) in [6.45, 7) is 5.98. The van der Waals surface area contributed by atoms with Crippen LogP contribution in [0.5, 0.6) is 0 Å². The number of nitrogens with zero attached hydrogens (tertiary/aromatic N) is 1. The van der Waals surface area contributed by atoms with E-state index in [9.17, 15) is 0 Å². The Labute approximate surface area is 119 Å². The van der Waals surface area contributed by atoms with Crippen LogP contribution in [0.15, 0.2) is 41.3 Å². The minimum absolute atomic E-state index is 0.746. The summed E-state index contributed by atoms with van der Waals surface area (Å²) in [4.78, 5) is 5.68. The van der Waals surface area contributed by atoms with Gasteiger partial charge in [-0.05, 0) is 43.5 Å². The van der Waals surface area contributed by atoms with E-state index in [-0.39, 0.29) is 0 Å². The minimum atomic E-state index is 0.746. The third kappa shape index (κ3) is 3.76. The highest BCUT2D eigenvalue weighted by atomic mass is 35.5. The molecule has 0 N–H and O–H groups in total. The Morgan fingerprint density at radius 3 is 2.44 bits per heavy atom. The highest BCUT2D eigenvalue weighted by Crippen LogP contribution is 2.30. The maximum Gasteiger partial charge on any atom is 0.0720 e. The molecule has 1 aromatic heterocycles. The van der Waals surface area contributed by atoms with Gasteiger partial charge in [0.15, 0.2) is 0 Å². The Bertz CT molecular complexity index is 512. The molecule has 0 aliphatic rings. The van der Waals surface area contributed by atoms with Crippen LogP contribution in [0, 0.1) is 6.92 Å². The van der Waals surface area contributed by atoms with E-state index in [2.05, 4.69) is 17.3 Å². The van der Waals surface area contributed by atoms with Gasteiger partial charge in [0.25, 0.3) is 0 Å². The fourth-order valence-electron chi connectivity index (χ4n) is 1.52. The highest BCUT2D eigenvalue weighted by molar-refractivity contribution is 7.98. The molecule has 18 heavy (non-hydrogen) atoms. The molecule has 1 aromatic carbocycles. The van der Waals surface area contributed by atoms with Crippen LogP contribution in [0.3, 0.4) is 0 Å². The lowest BCUT2D eigenvalue weighted by Crippen LogP contribution is -1.87. The molecule has 0 spiro atoms. The topological polar surface area (TPSA) is 12.9 Å². The molecule has 1 heterocycles. The van der Waals surface area contributed by atoms with Crippen LogP contribution in [0.1, 0.15) is 19.5 Å². The first-order valence-corrected chi connectivity index (χ1v) is 7.58. The molecular weight excluding hydrogens is 262 g/mol. The smallest absolute Gasteiger partial charge is 0.0720 e. The quantitative estimate of drug-likeness (QED) is 0.677. The number of halogens is 1. The Morgan fingerprint density at radius 2 is 1.83 bits per heavy atom. The number of rotatable bonds is 2. The minimum Gasteiger partial charge on any atom is -0.253 e. The van der Waals surface area contributed by atoms with Gasteiger partial charge < -0.3 is 0 Å². The van der Waals surface area contributed by atoms with Gasteiger partial charge in [-0.25, -0.2) is 0 Å². The molecule has 0 aliphatic carbocycles. The van der Waals surface area contributed by atoms with Crippen LogP contribution in [0.4, 0.5) is 0 Å². The molecule has 0 saturated carbocycles. The van der Waals surface area contributed by atoms with Crippen LogP contribution in [-0.4, -0.2) is 11.2 Å². The molecule has 0 fully saturated rings. The summed E-state index contributed by atoms with van der Waals surface area (Å²) in [7, 11) is 0. The fourth-order valence-corrected chi connectivity index (χ4v) is 2.17. The average Bonchev–Trinajstić information content (AvgIpc) is 2.41. The number of aromatic nitrogens is 1. The van der Waals surface area contributed by atoms with Crippen molar-refractivity contribution >= 4 is 23.4 Å². The van der Waals surface area contributed by atoms with Crippen LogP contribution >= 0.6 is 23.4 Å². The van der Waals surface area contributed by atoms with Crippen molar-refractivity contribution in [3.63, 3.8) is 0 Å². The molecule has 0 bridgehead atoms. The second-order valence-electron chi connectivity index (χ2n) is 3.51. The van der Waals surface area contributed by atoms with Crippen molar-refractivity contribution in [3.8, 4) is 11.3 Å². The molecule has 0 amide bonds. The molecule has 0 aliphatic heterocycles. The fraction of sp³-hybridized carbons (Fsp3) is 0.267. The Morgan fingerprint density at radius 1 is 1.11 bits per heavy atom. The lowest BCUT2D eigenvalue weighted by molar-refractivity contribution is 1.20. The van der Waals surface area contributed by atoms with Gasteiger partial charge in [-0.3, -0.25) is 4.98 Å². The van der Waals surface area contributed by atoms with Gasteiger partial charge in [0.05, 0.1) is 10.7 Å². The van der Waals surface area contributed by atoms with E-state index in [0.29, 0.717) is 0 Å². The van der Waals surface area contributed by atoms with Crippen LogP contribution in [0.2, 0.25) is 5.02 Å². The monoisotopic (exact) mass is 279 g/mol. The van der Waals surface area contributed by atoms with E-state index >= 15 is 0 Å². The zero-order chi connectivity index (χ0) is 13.5. The van der Waals surface area contributed by atoms with E-state index in [0.717, 1.165) is 22.0 Å². The summed E-state index contributed by atoms with van der Waals surface area (Å²) >= 11 is 7.89. The van der Waals surface area contributed by atoms with E-state index in [1.807, 2.05) is 51.1 Å². The molecule has 0 atom stereocenters. The Balaban J connectivity index is 0.000000771.